The van der Waals surface area contributed by atoms with Crippen LogP contribution in [0.25, 0.3) is 0 Å². The summed E-state index contributed by atoms with van der Waals surface area (Å²) in [5.74, 6) is -2.04. The SMILES string of the molecule is CCC(C)(C)Oc1c(F)cccc1C(=O)O. The number of benzene rings is 1. The van der Waals surface area contributed by atoms with Gasteiger partial charge in [-0.15, -0.1) is 0 Å². The number of carboxylic acid groups (broad SMARTS) is 1. The summed E-state index contributed by atoms with van der Waals surface area (Å²) in [6, 6.07) is 3.87. The third-order valence-corrected chi connectivity index (χ3v) is 2.43. The highest BCUT2D eigenvalue weighted by atomic mass is 19.1. The second-order valence-corrected chi connectivity index (χ2v) is 4.14. The van der Waals surface area contributed by atoms with Crippen molar-refractivity contribution in [2.75, 3.05) is 0 Å². The van der Waals surface area contributed by atoms with Gasteiger partial charge in [0.2, 0.25) is 0 Å². The molecule has 16 heavy (non-hydrogen) atoms. The highest BCUT2D eigenvalue weighted by molar-refractivity contribution is 5.90. The fourth-order valence-corrected chi connectivity index (χ4v) is 1.13. The molecule has 4 heteroatoms. The van der Waals surface area contributed by atoms with E-state index in [1.54, 1.807) is 13.8 Å². The van der Waals surface area contributed by atoms with Gasteiger partial charge in [-0.1, -0.05) is 13.0 Å². The van der Waals surface area contributed by atoms with Gasteiger partial charge >= 0.3 is 5.97 Å². The molecule has 0 aliphatic rings. The average molecular weight is 226 g/mol. The molecule has 0 bridgehead atoms. The van der Waals surface area contributed by atoms with Gasteiger partial charge < -0.3 is 9.84 Å². The third-order valence-electron chi connectivity index (χ3n) is 2.43. The number of para-hydroxylation sites is 1. The molecule has 3 nitrogen and oxygen atoms in total. The van der Waals surface area contributed by atoms with Crippen LogP contribution in [0.5, 0.6) is 5.75 Å². The molecule has 0 radical (unpaired) electrons. The van der Waals surface area contributed by atoms with Crippen LogP contribution in [0.15, 0.2) is 18.2 Å². The van der Waals surface area contributed by atoms with Crippen molar-refractivity contribution < 1.29 is 19.0 Å². The van der Waals surface area contributed by atoms with Gasteiger partial charge in [0.25, 0.3) is 0 Å². The molecule has 0 aromatic heterocycles. The summed E-state index contributed by atoms with van der Waals surface area (Å²) in [5, 5.41) is 8.91. The predicted molar refractivity (Wildman–Crippen MR) is 58.4 cm³/mol. The van der Waals surface area contributed by atoms with E-state index in [1.807, 2.05) is 6.92 Å². The lowest BCUT2D eigenvalue weighted by Crippen LogP contribution is -2.28. The Balaban J connectivity index is 3.16. The molecule has 0 saturated heterocycles. The summed E-state index contributed by atoms with van der Waals surface area (Å²) in [4.78, 5) is 10.9. The molecule has 0 atom stereocenters. The molecule has 0 spiro atoms. The molecule has 0 heterocycles. The number of hydrogen-bond donors (Lipinski definition) is 1. The Morgan fingerprint density at radius 3 is 2.62 bits per heavy atom. The van der Waals surface area contributed by atoms with Crippen LogP contribution in [0.4, 0.5) is 4.39 Å². The van der Waals surface area contributed by atoms with Crippen LogP contribution in [0.3, 0.4) is 0 Å². The number of hydrogen-bond acceptors (Lipinski definition) is 2. The van der Waals surface area contributed by atoms with Crippen molar-refractivity contribution in [3.8, 4) is 5.75 Å². The lowest BCUT2D eigenvalue weighted by atomic mass is 10.1. The van der Waals surface area contributed by atoms with Gasteiger partial charge in [0.05, 0.1) is 0 Å². The van der Waals surface area contributed by atoms with Crippen molar-refractivity contribution in [2.45, 2.75) is 32.8 Å². The van der Waals surface area contributed by atoms with Crippen molar-refractivity contribution in [2.24, 2.45) is 0 Å². The number of halogens is 1. The van der Waals surface area contributed by atoms with Gasteiger partial charge in [-0.05, 0) is 32.4 Å². The summed E-state index contributed by atoms with van der Waals surface area (Å²) in [5.41, 5.74) is -0.742. The van der Waals surface area contributed by atoms with E-state index in [4.69, 9.17) is 9.84 Å². The first-order chi connectivity index (χ1) is 7.37. The van der Waals surface area contributed by atoms with Gasteiger partial charge in [0, 0.05) is 0 Å². The topological polar surface area (TPSA) is 46.5 Å². The first kappa shape index (κ1) is 12.5. The van der Waals surface area contributed by atoms with E-state index in [1.165, 1.54) is 18.2 Å². The van der Waals surface area contributed by atoms with E-state index in [0.29, 0.717) is 6.42 Å². The van der Waals surface area contributed by atoms with Crippen LogP contribution >= 0.6 is 0 Å². The number of aromatic carboxylic acids is 1. The summed E-state index contributed by atoms with van der Waals surface area (Å²) in [6.07, 6.45) is 0.653. The maximum atomic E-state index is 13.5. The van der Waals surface area contributed by atoms with Crippen molar-refractivity contribution >= 4 is 5.97 Å². The van der Waals surface area contributed by atoms with Gasteiger partial charge in [0.15, 0.2) is 11.6 Å². The number of carboxylic acids is 1. The largest absolute Gasteiger partial charge is 0.484 e. The molecule has 1 aromatic carbocycles. The molecule has 1 aromatic rings. The van der Waals surface area contributed by atoms with Gasteiger partial charge in [-0.3, -0.25) is 0 Å². The number of ether oxygens (including phenoxy) is 1. The Kier molecular flexibility index (Phi) is 3.52. The molecule has 0 unspecified atom stereocenters. The van der Waals surface area contributed by atoms with E-state index < -0.39 is 17.4 Å². The first-order valence-electron chi connectivity index (χ1n) is 5.08. The van der Waals surface area contributed by atoms with E-state index in [0.717, 1.165) is 0 Å². The van der Waals surface area contributed by atoms with Crippen LogP contribution < -0.4 is 4.74 Å². The van der Waals surface area contributed by atoms with Crippen molar-refractivity contribution in [3.05, 3.63) is 29.6 Å². The fraction of sp³-hybridized carbons (Fsp3) is 0.417. The molecule has 88 valence electrons. The summed E-state index contributed by atoms with van der Waals surface area (Å²) < 4.78 is 18.9. The lowest BCUT2D eigenvalue weighted by Gasteiger charge is -2.25. The van der Waals surface area contributed by atoms with Crippen molar-refractivity contribution in [3.63, 3.8) is 0 Å². The molecular weight excluding hydrogens is 211 g/mol. The van der Waals surface area contributed by atoms with E-state index in [2.05, 4.69) is 0 Å². The Labute approximate surface area is 93.9 Å². The fourth-order valence-electron chi connectivity index (χ4n) is 1.13. The Morgan fingerprint density at radius 1 is 1.50 bits per heavy atom. The highest BCUT2D eigenvalue weighted by Crippen LogP contribution is 2.28. The smallest absolute Gasteiger partial charge is 0.339 e. The van der Waals surface area contributed by atoms with E-state index >= 15 is 0 Å². The quantitative estimate of drug-likeness (QED) is 0.858. The van der Waals surface area contributed by atoms with Gasteiger partial charge in [-0.25, -0.2) is 9.18 Å². The maximum Gasteiger partial charge on any atom is 0.339 e. The van der Waals surface area contributed by atoms with Gasteiger partial charge in [-0.2, -0.15) is 0 Å². The Morgan fingerprint density at radius 2 is 2.12 bits per heavy atom. The predicted octanol–water partition coefficient (Wildman–Crippen LogP) is 3.09. The Bertz CT molecular complexity index is 399. The van der Waals surface area contributed by atoms with Gasteiger partial charge in [0.1, 0.15) is 11.2 Å². The molecule has 1 N–H and O–H groups in total. The molecule has 0 fully saturated rings. The van der Waals surface area contributed by atoms with Crippen molar-refractivity contribution in [1.29, 1.82) is 0 Å². The standard InChI is InChI=1S/C12H15FO3/c1-4-12(2,3)16-10-8(11(14)15)6-5-7-9(10)13/h5-7H,4H2,1-3H3,(H,14,15). The first-order valence-corrected chi connectivity index (χ1v) is 5.08. The van der Waals surface area contributed by atoms with Crippen LogP contribution in [-0.2, 0) is 0 Å². The highest BCUT2D eigenvalue weighted by Gasteiger charge is 2.23. The van der Waals surface area contributed by atoms with Crippen molar-refractivity contribution in [1.82, 2.24) is 0 Å². The second kappa shape index (κ2) is 4.51. The second-order valence-electron chi connectivity index (χ2n) is 4.14. The zero-order valence-electron chi connectivity index (χ0n) is 9.58. The minimum absolute atomic E-state index is 0.151. The lowest BCUT2D eigenvalue weighted by molar-refractivity contribution is 0.0665. The summed E-state index contributed by atoms with van der Waals surface area (Å²) in [6.45, 7) is 5.46. The van der Waals surface area contributed by atoms with E-state index in [-0.39, 0.29) is 11.3 Å². The molecule has 0 saturated carbocycles. The average Bonchev–Trinajstić information content (AvgIpc) is 2.20. The maximum absolute atomic E-state index is 13.5. The monoisotopic (exact) mass is 226 g/mol. The zero-order valence-corrected chi connectivity index (χ0v) is 9.58. The molecule has 0 aliphatic heterocycles. The Hall–Kier alpha value is -1.58. The van der Waals surface area contributed by atoms with Crippen LogP contribution in [0.1, 0.15) is 37.6 Å². The minimum atomic E-state index is -1.19. The van der Waals surface area contributed by atoms with Crippen LogP contribution in [0.2, 0.25) is 0 Å². The third kappa shape index (κ3) is 2.72. The zero-order chi connectivity index (χ0) is 12.3. The molecule has 1 rings (SSSR count). The summed E-state index contributed by atoms with van der Waals surface area (Å²) >= 11 is 0. The number of carbonyl (C=O) groups is 1. The summed E-state index contributed by atoms with van der Waals surface area (Å²) in [7, 11) is 0. The molecule has 0 amide bonds. The normalized spacial score (nSPS) is 11.2. The van der Waals surface area contributed by atoms with E-state index in [9.17, 15) is 9.18 Å². The molecular formula is C12H15FO3. The minimum Gasteiger partial charge on any atom is -0.484 e. The molecule has 0 aliphatic carbocycles. The number of rotatable bonds is 4. The van der Waals surface area contributed by atoms with Crippen LogP contribution in [-0.4, -0.2) is 16.7 Å². The van der Waals surface area contributed by atoms with Crippen LogP contribution in [0, 0.1) is 5.82 Å².